The average molecular weight is 348 g/mol. The molecule has 4 nitrogen and oxygen atoms in total. The summed E-state index contributed by atoms with van der Waals surface area (Å²) in [4.78, 5) is 19.0. The Balaban J connectivity index is 1.31. The van der Waals surface area contributed by atoms with Crippen LogP contribution in [0.15, 0.2) is 24.4 Å². The number of amides is 1. The van der Waals surface area contributed by atoms with Gasteiger partial charge in [-0.15, -0.1) is 0 Å². The fourth-order valence-corrected chi connectivity index (χ4v) is 5.10. The number of nitrogens with zero attached hydrogens (tertiary/aromatic N) is 2. The van der Waals surface area contributed by atoms with Gasteiger partial charge in [0.15, 0.2) is 0 Å². The normalized spacial score (nSPS) is 24.3. The van der Waals surface area contributed by atoms with E-state index in [2.05, 4.69) is 15.2 Å². The van der Waals surface area contributed by atoms with Crippen molar-refractivity contribution in [2.75, 3.05) is 31.1 Å². The number of carbonyl (C=O) groups is 1. The summed E-state index contributed by atoms with van der Waals surface area (Å²) in [5.74, 6) is 2.66. The molecule has 2 fully saturated rings. The summed E-state index contributed by atoms with van der Waals surface area (Å²) in [5.41, 5.74) is 1.03. The zero-order chi connectivity index (χ0) is 16.6. The van der Waals surface area contributed by atoms with E-state index in [-0.39, 0.29) is 5.91 Å². The maximum atomic E-state index is 12.0. The van der Waals surface area contributed by atoms with Crippen molar-refractivity contribution in [1.82, 2.24) is 15.2 Å². The fourth-order valence-electron chi connectivity index (χ4n) is 4.00. The van der Waals surface area contributed by atoms with Crippen LogP contribution in [0.2, 0.25) is 0 Å². The second-order valence-electron chi connectivity index (χ2n) is 6.94. The Morgan fingerprint density at radius 1 is 1.25 bits per heavy atom. The van der Waals surface area contributed by atoms with E-state index >= 15 is 0 Å². The van der Waals surface area contributed by atoms with Gasteiger partial charge in [0.1, 0.15) is 0 Å². The standard InChI is InChI=1S/C19H29N3OS/c23-19(21-11-9-17-7-1-3-10-20-17)15-24-14-16-6-5-13-22-12-4-2-8-18(16)22/h1,3,7,10,16,18H,2,4-6,8-9,11-15H2,(H,21,23). The number of hydrogen-bond donors (Lipinski definition) is 1. The molecule has 3 heterocycles. The summed E-state index contributed by atoms with van der Waals surface area (Å²) < 4.78 is 0. The number of pyridine rings is 1. The Bertz CT molecular complexity index is 509. The van der Waals surface area contributed by atoms with Crippen molar-refractivity contribution in [1.29, 1.82) is 0 Å². The number of fused-ring (bicyclic) bond motifs is 1. The molecular formula is C19H29N3OS. The lowest BCUT2D eigenvalue weighted by Crippen LogP contribution is -2.48. The third-order valence-electron chi connectivity index (χ3n) is 5.22. The SMILES string of the molecule is O=C(CSCC1CCCN2CCCCC12)NCCc1ccccn1. The van der Waals surface area contributed by atoms with E-state index in [1.54, 1.807) is 6.20 Å². The predicted octanol–water partition coefficient (Wildman–Crippen LogP) is 2.74. The first-order valence-electron chi connectivity index (χ1n) is 9.31. The molecule has 0 saturated carbocycles. The van der Waals surface area contributed by atoms with Gasteiger partial charge in [-0.3, -0.25) is 9.78 Å². The monoisotopic (exact) mass is 347 g/mol. The molecule has 0 spiro atoms. The zero-order valence-corrected chi connectivity index (χ0v) is 15.3. The lowest BCUT2D eigenvalue weighted by molar-refractivity contribution is -0.118. The highest BCUT2D eigenvalue weighted by Crippen LogP contribution is 2.32. The van der Waals surface area contributed by atoms with Crippen molar-refractivity contribution >= 4 is 17.7 Å². The van der Waals surface area contributed by atoms with Gasteiger partial charge in [-0.25, -0.2) is 0 Å². The van der Waals surface area contributed by atoms with Crippen LogP contribution in [0.1, 0.15) is 37.8 Å². The molecule has 2 unspecified atom stereocenters. The molecule has 2 aliphatic rings. The quantitative estimate of drug-likeness (QED) is 0.824. The van der Waals surface area contributed by atoms with Gasteiger partial charge in [0, 0.05) is 30.9 Å². The van der Waals surface area contributed by atoms with Crippen molar-refractivity contribution in [3.63, 3.8) is 0 Å². The molecule has 0 radical (unpaired) electrons. The van der Waals surface area contributed by atoms with Crippen molar-refractivity contribution in [2.45, 2.75) is 44.6 Å². The molecule has 1 aromatic rings. The van der Waals surface area contributed by atoms with Crippen molar-refractivity contribution in [2.24, 2.45) is 5.92 Å². The molecule has 2 saturated heterocycles. The summed E-state index contributed by atoms with van der Waals surface area (Å²) >= 11 is 1.82. The van der Waals surface area contributed by atoms with Gasteiger partial charge in [0.2, 0.25) is 5.91 Å². The topological polar surface area (TPSA) is 45.2 Å². The van der Waals surface area contributed by atoms with Crippen LogP contribution in [0.3, 0.4) is 0 Å². The number of hydrogen-bond acceptors (Lipinski definition) is 4. The molecule has 1 amide bonds. The number of thioether (sulfide) groups is 1. The average Bonchev–Trinajstić information content (AvgIpc) is 2.63. The minimum Gasteiger partial charge on any atom is -0.355 e. The fraction of sp³-hybridized carbons (Fsp3) is 0.684. The van der Waals surface area contributed by atoms with Crippen molar-refractivity contribution in [3.8, 4) is 0 Å². The highest BCUT2D eigenvalue weighted by molar-refractivity contribution is 7.99. The minimum absolute atomic E-state index is 0.159. The molecule has 5 heteroatoms. The van der Waals surface area contributed by atoms with E-state index in [4.69, 9.17) is 0 Å². The second-order valence-corrected chi connectivity index (χ2v) is 7.97. The molecule has 0 aliphatic carbocycles. The van der Waals surface area contributed by atoms with Crippen LogP contribution < -0.4 is 5.32 Å². The van der Waals surface area contributed by atoms with E-state index < -0.39 is 0 Å². The van der Waals surface area contributed by atoms with Crippen LogP contribution in [0.4, 0.5) is 0 Å². The number of rotatable bonds is 7. The number of carbonyl (C=O) groups excluding carboxylic acids is 1. The lowest BCUT2D eigenvalue weighted by Gasteiger charge is -2.44. The van der Waals surface area contributed by atoms with Gasteiger partial charge in [0.05, 0.1) is 5.75 Å². The van der Waals surface area contributed by atoms with Gasteiger partial charge in [0.25, 0.3) is 0 Å². The molecule has 0 bridgehead atoms. The number of piperidine rings is 2. The van der Waals surface area contributed by atoms with Crippen molar-refractivity contribution in [3.05, 3.63) is 30.1 Å². The molecule has 0 aromatic carbocycles. The first-order valence-corrected chi connectivity index (χ1v) is 10.5. The largest absolute Gasteiger partial charge is 0.355 e. The highest BCUT2D eigenvalue weighted by atomic mass is 32.2. The Morgan fingerprint density at radius 3 is 3.04 bits per heavy atom. The van der Waals surface area contributed by atoms with E-state index in [0.717, 1.165) is 29.8 Å². The Morgan fingerprint density at radius 2 is 2.17 bits per heavy atom. The van der Waals surface area contributed by atoms with Crippen LogP contribution in [-0.2, 0) is 11.2 Å². The summed E-state index contributed by atoms with van der Waals surface area (Å²) in [6, 6.07) is 6.68. The van der Waals surface area contributed by atoms with E-state index in [1.165, 1.54) is 45.2 Å². The van der Waals surface area contributed by atoms with Gasteiger partial charge in [-0.1, -0.05) is 12.5 Å². The third-order valence-corrected chi connectivity index (χ3v) is 6.35. The van der Waals surface area contributed by atoms with Gasteiger partial charge < -0.3 is 10.2 Å². The Kier molecular flexibility index (Phi) is 6.97. The minimum atomic E-state index is 0.159. The smallest absolute Gasteiger partial charge is 0.230 e. The zero-order valence-electron chi connectivity index (χ0n) is 14.5. The van der Waals surface area contributed by atoms with E-state index in [9.17, 15) is 4.79 Å². The van der Waals surface area contributed by atoms with Crippen LogP contribution >= 0.6 is 11.8 Å². The molecule has 3 rings (SSSR count). The molecule has 2 aliphatic heterocycles. The van der Waals surface area contributed by atoms with Crippen LogP contribution in [0.25, 0.3) is 0 Å². The number of nitrogens with one attached hydrogen (secondary N) is 1. The van der Waals surface area contributed by atoms with Crippen LogP contribution in [-0.4, -0.2) is 53.0 Å². The maximum Gasteiger partial charge on any atom is 0.230 e. The molecule has 1 aromatic heterocycles. The van der Waals surface area contributed by atoms with Crippen molar-refractivity contribution < 1.29 is 4.79 Å². The molecule has 132 valence electrons. The summed E-state index contributed by atoms with van der Waals surface area (Å²) in [6.07, 6.45) is 9.39. The Labute approximate surface area is 149 Å². The first-order chi connectivity index (χ1) is 11.8. The maximum absolute atomic E-state index is 12.0. The molecule has 2 atom stereocenters. The van der Waals surface area contributed by atoms with E-state index in [0.29, 0.717) is 12.3 Å². The molecule has 24 heavy (non-hydrogen) atoms. The first kappa shape index (κ1) is 17.7. The summed E-state index contributed by atoms with van der Waals surface area (Å²) in [6.45, 7) is 3.26. The summed E-state index contributed by atoms with van der Waals surface area (Å²) in [5, 5.41) is 3.02. The van der Waals surface area contributed by atoms with Gasteiger partial charge in [-0.2, -0.15) is 11.8 Å². The predicted molar refractivity (Wildman–Crippen MR) is 100 cm³/mol. The Hall–Kier alpha value is -1.07. The van der Waals surface area contributed by atoms with Crippen LogP contribution in [0.5, 0.6) is 0 Å². The second kappa shape index (κ2) is 9.42. The summed E-state index contributed by atoms with van der Waals surface area (Å²) in [7, 11) is 0. The van der Waals surface area contributed by atoms with Crippen LogP contribution in [0, 0.1) is 5.92 Å². The molecule has 1 N–H and O–H groups in total. The number of aromatic nitrogens is 1. The van der Waals surface area contributed by atoms with Gasteiger partial charge >= 0.3 is 0 Å². The van der Waals surface area contributed by atoms with Gasteiger partial charge in [-0.05, 0) is 62.6 Å². The third kappa shape index (κ3) is 5.21. The highest BCUT2D eigenvalue weighted by Gasteiger charge is 2.32. The molecular weight excluding hydrogens is 318 g/mol. The lowest BCUT2D eigenvalue weighted by atomic mass is 9.85. The van der Waals surface area contributed by atoms with E-state index in [1.807, 2.05) is 30.0 Å².